The normalized spacial score (nSPS) is 12.3. The van der Waals surface area contributed by atoms with Gasteiger partial charge in [0, 0.05) is 17.8 Å². The minimum atomic E-state index is -0.646. The van der Waals surface area contributed by atoms with Crippen molar-refractivity contribution in [2.24, 2.45) is 5.92 Å². The van der Waals surface area contributed by atoms with Crippen molar-refractivity contribution in [3.05, 3.63) is 65.2 Å². The Morgan fingerprint density at radius 1 is 1.04 bits per heavy atom. The van der Waals surface area contributed by atoms with Gasteiger partial charge in [-0.2, -0.15) is 0 Å². The minimum absolute atomic E-state index is 0.0300. The van der Waals surface area contributed by atoms with Crippen LogP contribution in [0.5, 0.6) is 0 Å². The van der Waals surface area contributed by atoms with Gasteiger partial charge in [0.2, 0.25) is 0 Å². The molecule has 0 aliphatic carbocycles. The van der Waals surface area contributed by atoms with Gasteiger partial charge in [0.15, 0.2) is 0 Å². The standard InChI is InChI=1S/C23H29F2NO2/c1-15(2)22(23(27)28-16(3)4)26(12-11-18-9-7-6-8-10-18)19-13-20(24)17(5)21(25)14-19/h6-10,13-16,22H,11-12H2,1-5H3. The molecule has 0 aliphatic rings. The molecule has 5 heteroatoms. The van der Waals surface area contributed by atoms with Gasteiger partial charge in [-0.1, -0.05) is 44.2 Å². The van der Waals surface area contributed by atoms with Crippen molar-refractivity contribution in [3.63, 3.8) is 0 Å². The van der Waals surface area contributed by atoms with Crippen LogP contribution in [-0.4, -0.2) is 24.7 Å². The maximum absolute atomic E-state index is 14.3. The van der Waals surface area contributed by atoms with Gasteiger partial charge in [-0.15, -0.1) is 0 Å². The van der Waals surface area contributed by atoms with Crippen molar-refractivity contribution in [2.45, 2.75) is 53.2 Å². The second-order valence-electron chi connectivity index (χ2n) is 7.64. The highest BCUT2D eigenvalue weighted by atomic mass is 19.1. The summed E-state index contributed by atoms with van der Waals surface area (Å²) in [6, 6.07) is 11.7. The Labute approximate surface area is 166 Å². The van der Waals surface area contributed by atoms with E-state index < -0.39 is 17.7 Å². The fourth-order valence-electron chi connectivity index (χ4n) is 3.18. The van der Waals surface area contributed by atoms with Crippen LogP contribution in [0.4, 0.5) is 14.5 Å². The number of carbonyl (C=O) groups excluding carboxylic acids is 1. The van der Waals surface area contributed by atoms with Crippen LogP contribution in [0.3, 0.4) is 0 Å². The van der Waals surface area contributed by atoms with Crippen molar-refractivity contribution in [1.29, 1.82) is 0 Å². The summed E-state index contributed by atoms with van der Waals surface area (Å²) in [7, 11) is 0. The number of hydrogen-bond donors (Lipinski definition) is 0. The number of esters is 1. The first-order valence-corrected chi connectivity index (χ1v) is 9.67. The summed E-state index contributed by atoms with van der Waals surface area (Å²) < 4.78 is 34.0. The zero-order valence-electron chi connectivity index (χ0n) is 17.2. The van der Waals surface area contributed by atoms with Gasteiger partial charge in [0.25, 0.3) is 0 Å². The summed E-state index contributed by atoms with van der Waals surface area (Å²) in [4.78, 5) is 14.6. The number of benzene rings is 2. The van der Waals surface area contributed by atoms with E-state index in [-0.39, 0.29) is 23.6 Å². The molecule has 152 valence electrons. The molecule has 0 aliphatic heterocycles. The summed E-state index contributed by atoms with van der Waals surface area (Å²) in [5, 5.41) is 0. The molecule has 2 rings (SSSR count). The predicted molar refractivity (Wildman–Crippen MR) is 108 cm³/mol. The molecule has 0 aromatic heterocycles. The molecule has 0 heterocycles. The van der Waals surface area contributed by atoms with E-state index in [1.54, 1.807) is 18.7 Å². The van der Waals surface area contributed by atoms with Crippen molar-refractivity contribution >= 4 is 11.7 Å². The molecule has 0 saturated heterocycles. The SMILES string of the molecule is Cc1c(F)cc(N(CCc2ccccc2)C(C(=O)OC(C)C)C(C)C)cc1F. The Kier molecular flexibility index (Phi) is 7.55. The summed E-state index contributed by atoms with van der Waals surface area (Å²) in [5.41, 5.74) is 1.40. The average molecular weight is 389 g/mol. The largest absolute Gasteiger partial charge is 0.461 e. The van der Waals surface area contributed by atoms with Crippen LogP contribution >= 0.6 is 0 Å². The molecule has 0 spiro atoms. The van der Waals surface area contributed by atoms with Gasteiger partial charge in [0.1, 0.15) is 17.7 Å². The van der Waals surface area contributed by atoms with Crippen LogP contribution in [0.25, 0.3) is 0 Å². The van der Waals surface area contributed by atoms with Gasteiger partial charge in [0.05, 0.1) is 6.10 Å². The fourth-order valence-corrected chi connectivity index (χ4v) is 3.18. The van der Waals surface area contributed by atoms with Crippen LogP contribution in [0.15, 0.2) is 42.5 Å². The number of halogens is 2. The molecule has 0 radical (unpaired) electrons. The van der Waals surface area contributed by atoms with Crippen LogP contribution in [0.2, 0.25) is 0 Å². The van der Waals surface area contributed by atoms with Gasteiger partial charge in [-0.25, -0.2) is 13.6 Å². The van der Waals surface area contributed by atoms with E-state index >= 15 is 0 Å². The lowest BCUT2D eigenvalue weighted by molar-refractivity contribution is -0.150. The molecule has 0 N–H and O–H groups in total. The lowest BCUT2D eigenvalue weighted by atomic mass is 10.00. The maximum atomic E-state index is 14.3. The minimum Gasteiger partial charge on any atom is -0.461 e. The molecule has 2 aromatic carbocycles. The molecule has 0 saturated carbocycles. The Morgan fingerprint density at radius 3 is 2.11 bits per heavy atom. The quantitative estimate of drug-likeness (QED) is 0.574. The molecule has 1 unspecified atom stereocenters. The van der Waals surface area contributed by atoms with E-state index in [4.69, 9.17) is 4.74 Å². The van der Waals surface area contributed by atoms with Crippen molar-refractivity contribution in [3.8, 4) is 0 Å². The Hall–Kier alpha value is -2.43. The molecule has 0 amide bonds. The zero-order valence-corrected chi connectivity index (χ0v) is 17.2. The average Bonchev–Trinajstić information content (AvgIpc) is 2.62. The molecule has 3 nitrogen and oxygen atoms in total. The number of ether oxygens (including phenoxy) is 1. The highest BCUT2D eigenvalue weighted by Gasteiger charge is 2.32. The third-order valence-electron chi connectivity index (χ3n) is 4.64. The number of rotatable bonds is 8. The highest BCUT2D eigenvalue weighted by Crippen LogP contribution is 2.27. The van der Waals surface area contributed by atoms with Crippen LogP contribution in [0, 0.1) is 24.5 Å². The van der Waals surface area contributed by atoms with Crippen LogP contribution in [0.1, 0.15) is 38.8 Å². The Balaban J connectivity index is 2.42. The van der Waals surface area contributed by atoms with Crippen molar-refractivity contribution < 1.29 is 18.3 Å². The maximum Gasteiger partial charge on any atom is 0.329 e. The monoisotopic (exact) mass is 389 g/mol. The van der Waals surface area contributed by atoms with Crippen LogP contribution in [-0.2, 0) is 16.0 Å². The predicted octanol–water partition coefficient (Wildman–Crippen LogP) is 5.30. The van der Waals surface area contributed by atoms with E-state index in [2.05, 4.69) is 0 Å². The number of carbonyl (C=O) groups is 1. The summed E-state index contributed by atoms with van der Waals surface area (Å²) >= 11 is 0. The molecule has 1 atom stereocenters. The van der Waals surface area contributed by atoms with Crippen LogP contribution < -0.4 is 4.90 Å². The second kappa shape index (κ2) is 9.67. The van der Waals surface area contributed by atoms with E-state index in [9.17, 15) is 13.6 Å². The lowest BCUT2D eigenvalue weighted by Gasteiger charge is -2.35. The summed E-state index contributed by atoms with van der Waals surface area (Å²) in [6.45, 7) is 9.21. The summed E-state index contributed by atoms with van der Waals surface area (Å²) in [5.74, 6) is -1.74. The third kappa shape index (κ3) is 5.54. The topological polar surface area (TPSA) is 29.5 Å². The second-order valence-corrected chi connectivity index (χ2v) is 7.64. The molecular weight excluding hydrogens is 360 g/mol. The smallest absolute Gasteiger partial charge is 0.329 e. The Bertz CT molecular complexity index is 767. The van der Waals surface area contributed by atoms with Gasteiger partial charge in [-0.05, 0) is 50.8 Å². The molecule has 0 bridgehead atoms. The van der Waals surface area contributed by atoms with Gasteiger partial charge < -0.3 is 9.64 Å². The fraction of sp³-hybridized carbons (Fsp3) is 0.435. The van der Waals surface area contributed by atoms with E-state index in [1.807, 2.05) is 44.2 Å². The van der Waals surface area contributed by atoms with E-state index in [0.29, 0.717) is 18.7 Å². The van der Waals surface area contributed by atoms with E-state index in [1.165, 1.54) is 19.1 Å². The highest BCUT2D eigenvalue weighted by molar-refractivity contribution is 5.80. The van der Waals surface area contributed by atoms with E-state index in [0.717, 1.165) is 5.56 Å². The lowest BCUT2D eigenvalue weighted by Crippen LogP contribution is -2.47. The van der Waals surface area contributed by atoms with Crippen molar-refractivity contribution in [2.75, 3.05) is 11.4 Å². The first kappa shape index (κ1) is 21.9. The molecule has 0 fully saturated rings. The first-order valence-electron chi connectivity index (χ1n) is 9.67. The van der Waals surface area contributed by atoms with Gasteiger partial charge >= 0.3 is 5.97 Å². The Morgan fingerprint density at radius 2 is 1.61 bits per heavy atom. The number of anilines is 1. The molecule has 2 aromatic rings. The third-order valence-corrected chi connectivity index (χ3v) is 4.64. The summed E-state index contributed by atoms with van der Waals surface area (Å²) in [6.07, 6.45) is 0.368. The molecule has 28 heavy (non-hydrogen) atoms. The van der Waals surface area contributed by atoms with Crippen molar-refractivity contribution in [1.82, 2.24) is 0 Å². The first-order chi connectivity index (χ1) is 13.2. The zero-order chi connectivity index (χ0) is 20.8. The van der Waals surface area contributed by atoms with Gasteiger partial charge in [-0.3, -0.25) is 0 Å². The number of nitrogens with zero attached hydrogens (tertiary/aromatic N) is 1. The molecular formula is C23H29F2NO2. The number of hydrogen-bond acceptors (Lipinski definition) is 3.